The van der Waals surface area contributed by atoms with Crippen LogP contribution in [0.5, 0.6) is 0 Å². The molecule has 84 valence electrons. The number of aromatic nitrogens is 2. The minimum absolute atomic E-state index is 0.500. The standard InChI is InChI=1S/C10H16ClN3S/c1-2-9-13-10(15-14-9)12-8-5-3-4-7(8)6-11/h7-8H,2-6H2,1H3,(H,12,13,14). The second-order valence-electron chi connectivity index (χ2n) is 3.97. The highest BCUT2D eigenvalue weighted by atomic mass is 35.5. The lowest BCUT2D eigenvalue weighted by atomic mass is 10.1. The van der Waals surface area contributed by atoms with Crippen LogP contribution in [0.4, 0.5) is 5.13 Å². The number of hydrogen-bond donors (Lipinski definition) is 1. The molecule has 1 N–H and O–H groups in total. The van der Waals surface area contributed by atoms with Crippen molar-refractivity contribution in [2.45, 2.75) is 38.6 Å². The van der Waals surface area contributed by atoms with Gasteiger partial charge in [0.05, 0.1) is 0 Å². The molecule has 0 amide bonds. The highest BCUT2D eigenvalue weighted by Crippen LogP contribution is 2.29. The molecule has 1 aliphatic rings. The first-order valence-corrected chi connectivity index (χ1v) is 6.79. The van der Waals surface area contributed by atoms with Crippen molar-refractivity contribution >= 4 is 28.3 Å². The zero-order chi connectivity index (χ0) is 10.7. The van der Waals surface area contributed by atoms with Crippen molar-refractivity contribution < 1.29 is 0 Å². The Balaban J connectivity index is 1.95. The molecule has 5 heteroatoms. The van der Waals surface area contributed by atoms with Crippen molar-refractivity contribution in [1.82, 2.24) is 9.36 Å². The van der Waals surface area contributed by atoms with Gasteiger partial charge in [0.1, 0.15) is 5.82 Å². The Morgan fingerprint density at radius 3 is 3.07 bits per heavy atom. The van der Waals surface area contributed by atoms with Gasteiger partial charge in [0.25, 0.3) is 0 Å². The van der Waals surface area contributed by atoms with E-state index in [1.165, 1.54) is 30.8 Å². The normalized spacial score (nSPS) is 25.7. The molecule has 0 spiro atoms. The molecular formula is C10H16ClN3S. The third kappa shape index (κ3) is 2.61. The number of halogens is 1. The zero-order valence-corrected chi connectivity index (χ0v) is 10.4. The van der Waals surface area contributed by atoms with E-state index < -0.39 is 0 Å². The van der Waals surface area contributed by atoms with Crippen molar-refractivity contribution in [3.63, 3.8) is 0 Å². The van der Waals surface area contributed by atoms with Crippen LogP contribution in [-0.2, 0) is 6.42 Å². The van der Waals surface area contributed by atoms with E-state index in [1.807, 2.05) is 0 Å². The summed E-state index contributed by atoms with van der Waals surface area (Å²) in [7, 11) is 0. The van der Waals surface area contributed by atoms with Gasteiger partial charge in [0, 0.05) is 29.9 Å². The fraction of sp³-hybridized carbons (Fsp3) is 0.800. The van der Waals surface area contributed by atoms with Crippen LogP contribution in [0, 0.1) is 5.92 Å². The molecule has 3 nitrogen and oxygen atoms in total. The monoisotopic (exact) mass is 245 g/mol. The SMILES string of the molecule is CCc1nsc(NC2CCCC2CCl)n1. The molecule has 1 aliphatic carbocycles. The predicted molar refractivity (Wildman–Crippen MR) is 64.8 cm³/mol. The lowest BCUT2D eigenvalue weighted by Gasteiger charge is -2.17. The highest BCUT2D eigenvalue weighted by molar-refractivity contribution is 7.09. The van der Waals surface area contributed by atoms with Crippen LogP contribution < -0.4 is 5.32 Å². The summed E-state index contributed by atoms with van der Waals surface area (Å²) in [5.74, 6) is 2.28. The summed E-state index contributed by atoms with van der Waals surface area (Å²) in [5.41, 5.74) is 0. The number of anilines is 1. The summed E-state index contributed by atoms with van der Waals surface area (Å²) >= 11 is 7.39. The van der Waals surface area contributed by atoms with Gasteiger partial charge in [0.2, 0.25) is 5.13 Å². The van der Waals surface area contributed by atoms with Gasteiger partial charge in [-0.1, -0.05) is 13.3 Å². The number of hydrogen-bond acceptors (Lipinski definition) is 4. The lowest BCUT2D eigenvalue weighted by Crippen LogP contribution is -2.24. The minimum atomic E-state index is 0.500. The van der Waals surface area contributed by atoms with Crippen LogP contribution in [0.25, 0.3) is 0 Å². The highest BCUT2D eigenvalue weighted by Gasteiger charge is 2.26. The van der Waals surface area contributed by atoms with Crippen molar-refractivity contribution in [2.24, 2.45) is 5.92 Å². The Hall–Kier alpha value is -0.350. The molecule has 2 unspecified atom stereocenters. The Bertz CT molecular complexity index is 315. The third-order valence-corrected chi connectivity index (χ3v) is 4.03. The summed E-state index contributed by atoms with van der Waals surface area (Å²) in [6.45, 7) is 2.07. The topological polar surface area (TPSA) is 37.8 Å². The third-order valence-electron chi connectivity index (χ3n) is 2.95. The van der Waals surface area contributed by atoms with Crippen molar-refractivity contribution in [1.29, 1.82) is 0 Å². The van der Waals surface area contributed by atoms with Crippen LogP contribution >= 0.6 is 23.1 Å². The Kier molecular flexibility index (Phi) is 3.81. The van der Waals surface area contributed by atoms with Gasteiger partial charge in [-0.15, -0.1) is 11.6 Å². The molecular weight excluding hydrogens is 230 g/mol. The smallest absolute Gasteiger partial charge is 0.202 e. The van der Waals surface area contributed by atoms with Crippen molar-refractivity contribution in [3.8, 4) is 0 Å². The van der Waals surface area contributed by atoms with Crippen molar-refractivity contribution in [2.75, 3.05) is 11.2 Å². The average molecular weight is 246 g/mol. The van der Waals surface area contributed by atoms with Gasteiger partial charge < -0.3 is 5.32 Å². The maximum atomic E-state index is 5.93. The molecule has 2 rings (SSSR count). The molecule has 0 saturated heterocycles. The summed E-state index contributed by atoms with van der Waals surface area (Å²) in [5, 5.41) is 4.41. The van der Waals surface area contributed by atoms with E-state index in [9.17, 15) is 0 Å². The van der Waals surface area contributed by atoms with Gasteiger partial charge in [-0.05, 0) is 18.8 Å². The van der Waals surface area contributed by atoms with E-state index in [-0.39, 0.29) is 0 Å². The van der Waals surface area contributed by atoms with E-state index in [0.29, 0.717) is 12.0 Å². The van der Waals surface area contributed by atoms with E-state index >= 15 is 0 Å². The average Bonchev–Trinajstić information content (AvgIpc) is 2.87. The summed E-state index contributed by atoms with van der Waals surface area (Å²) < 4.78 is 4.26. The number of rotatable bonds is 4. The van der Waals surface area contributed by atoms with Crippen LogP contribution in [0.15, 0.2) is 0 Å². The van der Waals surface area contributed by atoms with Crippen LogP contribution in [0.1, 0.15) is 32.0 Å². The molecule has 1 saturated carbocycles. The molecule has 1 fully saturated rings. The molecule has 1 heterocycles. The maximum Gasteiger partial charge on any atom is 0.202 e. The molecule has 0 aliphatic heterocycles. The Morgan fingerprint density at radius 2 is 2.40 bits per heavy atom. The molecule has 1 aromatic rings. The summed E-state index contributed by atoms with van der Waals surface area (Å²) in [6.07, 6.45) is 4.62. The number of alkyl halides is 1. The fourth-order valence-electron chi connectivity index (χ4n) is 2.03. The molecule has 0 radical (unpaired) electrons. The lowest BCUT2D eigenvalue weighted by molar-refractivity contribution is 0.562. The van der Waals surface area contributed by atoms with Gasteiger partial charge >= 0.3 is 0 Å². The van der Waals surface area contributed by atoms with Gasteiger partial charge in [-0.25, -0.2) is 4.98 Å². The second kappa shape index (κ2) is 5.12. The second-order valence-corrected chi connectivity index (χ2v) is 5.03. The summed E-state index contributed by atoms with van der Waals surface area (Å²) in [4.78, 5) is 4.41. The van der Waals surface area contributed by atoms with Gasteiger partial charge in [-0.3, -0.25) is 0 Å². The van der Waals surface area contributed by atoms with Crippen LogP contribution in [-0.4, -0.2) is 21.3 Å². The van der Waals surface area contributed by atoms with E-state index in [2.05, 4.69) is 21.6 Å². The Labute approximate surface area is 99.4 Å². The number of nitrogens with zero attached hydrogens (tertiary/aromatic N) is 2. The maximum absolute atomic E-state index is 5.93. The van der Waals surface area contributed by atoms with E-state index in [1.54, 1.807) is 0 Å². The van der Waals surface area contributed by atoms with Crippen molar-refractivity contribution in [3.05, 3.63) is 5.82 Å². The number of nitrogens with one attached hydrogen (secondary N) is 1. The summed E-state index contributed by atoms with van der Waals surface area (Å²) in [6, 6.07) is 0.500. The fourth-order valence-corrected chi connectivity index (χ4v) is 3.11. The molecule has 2 atom stereocenters. The minimum Gasteiger partial charge on any atom is -0.357 e. The number of aryl methyl sites for hydroxylation is 1. The first-order chi connectivity index (χ1) is 7.33. The van der Waals surface area contributed by atoms with Gasteiger partial charge in [0.15, 0.2) is 0 Å². The van der Waals surface area contributed by atoms with E-state index in [0.717, 1.165) is 23.3 Å². The molecule has 0 aromatic carbocycles. The quantitative estimate of drug-likeness (QED) is 0.829. The van der Waals surface area contributed by atoms with Crippen LogP contribution in [0.2, 0.25) is 0 Å². The molecule has 0 bridgehead atoms. The largest absolute Gasteiger partial charge is 0.357 e. The first kappa shape index (κ1) is 11.1. The zero-order valence-electron chi connectivity index (χ0n) is 8.87. The first-order valence-electron chi connectivity index (χ1n) is 5.48. The van der Waals surface area contributed by atoms with Gasteiger partial charge in [-0.2, -0.15) is 4.37 Å². The predicted octanol–water partition coefficient (Wildman–Crippen LogP) is 2.92. The molecule has 15 heavy (non-hydrogen) atoms. The van der Waals surface area contributed by atoms with Crippen LogP contribution in [0.3, 0.4) is 0 Å². The Morgan fingerprint density at radius 1 is 1.53 bits per heavy atom. The van der Waals surface area contributed by atoms with E-state index in [4.69, 9.17) is 11.6 Å². The molecule has 1 aromatic heterocycles.